The Hall–Kier alpha value is -2.11. The van der Waals surface area contributed by atoms with Crippen molar-refractivity contribution in [2.75, 3.05) is 13.9 Å². The van der Waals surface area contributed by atoms with E-state index in [2.05, 4.69) is 6.58 Å². The summed E-state index contributed by atoms with van der Waals surface area (Å²) in [5, 5.41) is 10.9. The molecule has 2 bridgehead atoms. The Labute approximate surface area is 146 Å². The van der Waals surface area contributed by atoms with Gasteiger partial charge >= 0.3 is 0 Å². The number of ketones is 1. The summed E-state index contributed by atoms with van der Waals surface area (Å²) in [5.74, 6) is 0.608. The predicted octanol–water partition coefficient (Wildman–Crippen LogP) is 2.60. The molecule has 0 saturated heterocycles. The molecule has 4 rings (SSSR count). The zero-order chi connectivity index (χ0) is 17.8. The number of ether oxygens (including phenoxy) is 3. The van der Waals surface area contributed by atoms with Crippen LogP contribution >= 0.6 is 0 Å². The van der Waals surface area contributed by atoms with Gasteiger partial charge in [-0.3, -0.25) is 4.79 Å². The standard InChI is InChI=1S/C20H22O5/c1-4-5-13-9-20(23-3)11(2)16(17(18(13)21)19(20)22)12-6-7-14-15(8-12)25-10-24-14/h4,6-9,11,16-17,19,22H,1,5,10H2,2-3H3/t11-,16?,17+,19?,20+/m1/s1. The first kappa shape index (κ1) is 16.4. The first-order valence-electron chi connectivity index (χ1n) is 8.53. The van der Waals surface area contributed by atoms with Gasteiger partial charge in [0.15, 0.2) is 17.3 Å². The van der Waals surface area contributed by atoms with Crippen molar-refractivity contribution in [1.82, 2.24) is 0 Å². The van der Waals surface area contributed by atoms with E-state index in [0.29, 0.717) is 23.5 Å². The molecule has 0 aromatic heterocycles. The number of aliphatic hydroxyl groups is 1. The minimum atomic E-state index is -0.871. The lowest BCUT2D eigenvalue weighted by Gasteiger charge is -2.36. The lowest BCUT2D eigenvalue weighted by atomic mass is 9.79. The Morgan fingerprint density at radius 2 is 2.12 bits per heavy atom. The van der Waals surface area contributed by atoms with Gasteiger partial charge in [-0.15, -0.1) is 6.58 Å². The van der Waals surface area contributed by atoms with Crippen molar-refractivity contribution >= 4 is 5.78 Å². The fourth-order valence-electron chi connectivity index (χ4n) is 4.72. The van der Waals surface area contributed by atoms with Crippen molar-refractivity contribution in [2.24, 2.45) is 11.8 Å². The highest BCUT2D eigenvalue weighted by molar-refractivity contribution is 6.00. The number of carbonyl (C=O) groups excluding carboxylic acids is 1. The number of methoxy groups -OCH3 is 1. The second kappa shape index (κ2) is 5.71. The van der Waals surface area contributed by atoms with Crippen LogP contribution in [0.4, 0.5) is 0 Å². The van der Waals surface area contributed by atoms with Gasteiger partial charge in [0.05, 0.1) is 12.0 Å². The Kier molecular flexibility index (Phi) is 3.74. The molecule has 1 aliphatic heterocycles. The SMILES string of the molecule is C=CCC1=C[C@@]2(OC)C(O)[C@H](C1=O)C(c1ccc3c(c1)OCO3)[C@H]2C. The molecule has 0 amide bonds. The van der Waals surface area contributed by atoms with E-state index in [1.54, 1.807) is 13.2 Å². The van der Waals surface area contributed by atoms with Crippen molar-refractivity contribution in [3.63, 3.8) is 0 Å². The maximum Gasteiger partial charge on any atom is 0.231 e. The van der Waals surface area contributed by atoms with Crippen LogP contribution in [0.3, 0.4) is 0 Å². The van der Waals surface area contributed by atoms with E-state index < -0.39 is 17.6 Å². The highest BCUT2D eigenvalue weighted by Crippen LogP contribution is 2.56. The zero-order valence-corrected chi connectivity index (χ0v) is 14.4. The Morgan fingerprint density at radius 3 is 2.84 bits per heavy atom. The topological polar surface area (TPSA) is 65.0 Å². The molecule has 0 radical (unpaired) electrons. The van der Waals surface area contributed by atoms with Crippen LogP contribution in [0.5, 0.6) is 11.5 Å². The molecule has 132 valence electrons. The second-order valence-corrected chi connectivity index (χ2v) is 6.98. The summed E-state index contributed by atoms with van der Waals surface area (Å²) in [6.45, 7) is 5.97. The van der Waals surface area contributed by atoms with E-state index in [-0.39, 0.29) is 24.4 Å². The monoisotopic (exact) mass is 342 g/mol. The van der Waals surface area contributed by atoms with Crippen LogP contribution in [0.25, 0.3) is 0 Å². The third-order valence-corrected chi connectivity index (χ3v) is 5.96. The number of allylic oxidation sites excluding steroid dienone is 2. The summed E-state index contributed by atoms with van der Waals surface area (Å²) < 4.78 is 16.7. The molecule has 2 aliphatic carbocycles. The van der Waals surface area contributed by atoms with E-state index >= 15 is 0 Å². The van der Waals surface area contributed by atoms with Gasteiger partial charge in [-0.25, -0.2) is 0 Å². The van der Waals surface area contributed by atoms with Gasteiger partial charge in [-0.2, -0.15) is 0 Å². The van der Waals surface area contributed by atoms with Crippen LogP contribution in [0, 0.1) is 11.8 Å². The Balaban J connectivity index is 1.81. The van der Waals surface area contributed by atoms with Gasteiger partial charge in [0.2, 0.25) is 6.79 Å². The number of aliphatic hydroxyl groups excluding tert-OH is 1. The van der Waals surface area contributed by atoms with E-state index in [1.165, 1.54) is 0 Å². The van der Waals surface area contributed by atoms with Gasteiger partial charge in [0, 0.05) is 13.0 Å². The molecule has 1 aromatic carbocycles. The fraction of sp³-hybridized carbons (Fsp3) is 0.450. The Morgan fingerprint density at radius 1 is 1.36 bits per heavy atom. The van der Waals surface area contributed by atoms with E-state index in [4.69, 9.17) is 14.2 Å². The molecule has 5 atom stereocenters. The van der Waals surface area contributed by atoms with E-state index in [0.717, 1.165) is 5.56 Å². The number of rotatable bonds is 4. The average molecular weight is 342 g/mol. The number of hydrogen-bond acceptors (Lipinski definition) is 5. The van der Waals surface area contributed by atoms with Gasteiger partial charge in [0.1, 0.15) is 5.60 Å². The number of hydrogen-bond donors (Lipinski definition) is 1. The van der Waals surface area contributed by atoms with Gasteiger partial charge in [-0.1, -0.05) is 19.1 Å². The van der Waals surface area contributed by atoms with Crippen LogP contribution in [-0.2, 0) is 9.53 Å². The molecule has 1 heterocycles. The normalized spacial score (nSPS) is 35.6. The lowest BCUT2D eigenvalue weighted by molar-refractivity contribution is -0.130. The van der Waals surface area contributed by atoms with Crippen molar-refractivity contribution in [1.29, 1.82) is 0 Å². The molecule has 0 spiro atoms. The van der Waals surface area contributed by atoms with Gasteiger partial charge in [-0.05, 0) is 41.7 Å². The number of benzene rings is 1. The summed E-state index contributed by atoms with van der Waals surface area (Å²) in [4.78, 5) is 13.0. The summed E-state index contributed by atoms with van der Waals surface area (Å²) >= 11 is 0. The molecule has 2 unspecified atom stereocenters. The third-order valence-electron chi connectivity index (χ3n) is 5.96. The molecular formula is C20H22O5. The van der Waals surface area contributed by atoms with Crippen molar-refractivity contribution < 1.29 is 24.1 Å². The molecule has 1 aromatic rings. The molecule has 5 nitrogen and oxygen atoms in total. The minimum absolute atomic E-state index is 0.0212. The smallest absolute Gasteiger partial charge is 0.231 e. The first-order chi connectivity index (χ1) is 12.0. The predicted molar refractivity (Wildman–Crippen MR) is 91.6 cm³/mol. The van der Waals surface area contributed by atoms with Crippen LogP contribution < -0.4 is 9.47 Å². The summed E-state index contributed by atoms with van der Waals surface area (Å²) in [7, 11) is 1.59. The Bertz CT molecular complexity index is 767. The van der Waals surface area contributed by atoms with Crippen molar-refractivity contribution in [3.05, 3.63) is 48.1 Å². The first-order valence-corrected chi connectivity index (χ1v) is 8.53. The largest absolute Gasteiger partial charge is 0.454 e. The number of Topliss-reactive ketones (excluding diaryl/α,β-unsaturated/α-hetero) is 1. The van der Waals surface area contributed by atoms with E-state index in [9.17, 15) is 9.90 Å². The highest BCUT2D eigenvalue weighted by atomic mass is 16.7. The van der Waals surface area contributed by atoms with Crippen LogP contribution in [0.2, 0.25) is 0 Å². The fourth-order valence-corrected chi connectivity index (χ4v) is 4.72. The molecule has 1 N–H and O–H groups in total. The summed E-state index contributed by atoms with van der Waals surface area (Å²) in [6.07, 6.45) is 3.14. The third kappa shape index (κ3) is 2.12. The summed E-state index contributed by atoms with van der Waals surface area (Å²) in [6, 6.07) is 5.73. The van der Waals surface area contributed by atoms with E-state index in [1.807, 2.05) is 31.2 Å². The summed E-state index contributed by atoms with van der Waals surface area (Å²) in [5.41, 5.74) is 0.765. The zero-order valence-electron chi connectivity index (χ0n) is 14.4. The van der Waals surface area contributed by atoms with Crippen LogP contribution in [-0.4, -0.2) is 36.5 Å². The quantitative estimate of drug-likeness (QED) is 0.852. The lowest BCUT2D eigenvalue weighted by Crippen LogP contribution is -2.48. The maximum absolute atomic E-state index is 13.0. The minimum Gasteiger partial charge on any atom is -0.454 e. The molecule has 1 fully saturated rings. The van der Waals surface area contributed by atoms with Gasteiger partial charge in [0.25, 0.3) is 0 Å². The van der Waals surface area contributed by atoms with Crippen LogP contribution in [0.15, 0.2) is 42.5 Å². The van der Waals surface area contributed by atoms with Crippen molar-refractivity contribution in [2.45, 2.75) is 31.0 Å². The maximum atomic E-state index is 13.0. The van der Waals surface area contributed by atoms with Crippen molar-refractivity contribution in [3.8, 4) is 11.5 Å². The molecule has 5 heteroatoms. The molecule has 3 aliphatic rings. The van der Waals surface area contributed by atoms with Gasteiger partial charge < -0.3 is 19.3 Å². The van der Waals surface area contributed by atoms with Crippen LogP contribution in [0.1, 0.15) is 24.8 Å². The average Bonchev–Trinajstić information content (AvgIpc) is 3.13. The number of carbonyl (C=O) groups is 1. The highest BCUT2D eigenvalue weighted by Gasteiger charge is 2.63. The molecule has 1 saturated carbocycles. The second-order valence-electron chi connectivity index (χ2n) is 6.98. The molecular weight excluding hydrogens is 320 g/mol. The molecule has 25 heavy (non-hydrogen) atoms. The number of fused-ring (bicyclic) bond motifs is 3.